The normalized spacial score (nSPS) is 20.2. The summed E-state index contributed by atoms with van der Waals surface area (Å²) in [6, 6.07) is 1.66. The first-order valence-corrected chi connectivity index (χ1v) is 9.52. The van der Waals surface area contributed by atoms with Crippen molar-refractivity contribution in [1.29, 1.82) is 0 Å². The first-order valence-electron chi connectivity index (χ1n) is 6.42. The van der Waals surface area contributed by atoms with E-state index in [-0.39, 0.29) is 17.5 Å². The fourth-order valence-electron chi connectivity index (χ4n) is 2.39. The van der Waals surface area contributed by atoms with Crippen molar-refractivity contribution in [3.05, 3.63) is 14.7 Å². The number of hydrogen-bond donors (Lipinski definition) is 2. The molecule has 0 atom stereocenters. The summed E-state index contributed by atoms with van der Waals surface area (Å²) in [4.78, 5) is 0.912. The van der Waals surface area contributed by atoms with Crippen molar-refractivity contribution in [2.75, 3.05) is 0 Å². The molecular weight excluding hydrogens is 350 g/mol. The molecule has 0 spiro atoms. The lowest BCUT2D eigenvalue weighted by atomic mass is 10.1. The van der Waals surface area contributed by atoms with Crippen molar-refractivity contribution >= 4 is 37.3 Å². The molecule has 0 saturated heterocycles. The summed E-state index contributed by atoms with van der Waals surface area (Å²) in [5.74, 6) is 1.05. The smallest absolute Gasteiger partial charge is 0.242 e. The van der Waals surface area contributed by atoms with Gasteiger partial charge in [0.2, 0.25) is 10.0 Å². The van der Waals surface area contributed by atoms with Crippen LogP contribution in [0.5, 0.6) is 0 Å². The minimum Gasteiger partial charge on any atom is -0.391 e. The molecule has 2 aliphatic carbocycles. The van der Waals surface area contributed by atoms with Crippen LogP contribution in [0.25, 0.3) is 0 Å². The zero-order valence-electron chi connectivity index (χ0n) is 10.3. The largest absolute Gasteiger partial charge is 0.391 e. The van der Waals surface area contributed by atoms with Gasteiger partial charge in [-0.2, -0.15) is 0 Å². The lowest BCUT2D eigenvalue weighted by Gasteiger charge is -2.17. The number of aliphatic hydroxyl groups is 1. The third-order valence-corrected chi connectivity index (χ3v) is 7.40. The minimum absolute atomic E-state index is 0.106. The maximum absolute atomic E-state index is 12.4. The highest BCUT2D eigenvalue weighted by molar-refractivity contribution is 9.11. The van der Waals surface area contributed by atoms with Crippen LogP contribution in [0.4, 0.5) is 0 Å². The lowest BCUT2D eigenvalue weighted by Crippen LogP contribution is -2.38. The van der Waals surface area contributed by atoms with E-state index < -0.39 is 10.0 Å². The molecule has 0 bridgehead atoms. The molecule has 0 unspecified atom stereocenters. The van der Waals surface area contributed by atoms with E-state index in [4.69, 9.17) is 5.11 Å². The lowest BCUT2D eigenvalue weighted by molar-refractivity contribution is 0.285. The number of nitrogens with one attached hydrogen (secondary N) is 1. The van der Waals surface area contributed by atoms with Crippen molar-refractivity contribution < 1.29 is 13.5 Å². The van der Waals surface area contributed by atoms with Gasteiger partial charge in [-0.05, 0) is 59.5 Å². The molecule has 0 aliphatic heterocycles. The molecule has 0 aromatic carbocycles. The Bertz CT molecular complexity index is 564. The molecule has 1 heterocycles. The summed E-state index contributed by atoms with van der Waals surface area (Å²) in [6.07, 6.45) is 4.54. The zero-order valence-corrected chi connectivity index (χ0v) is 13.5. The second kappa shape index (κ2) is 5.11. The van der Waals surface area contributed by atoms with Gasteiger partial charge < -0.3 is 5.11 Å². The van der Waals surface area contributed by atoms with Gasteiger partial charge in [0.05, 0.1) is 10.4 Å². The SMILES string of the molecule is O=S(=O)(NC(C1CC1)C1CC1)c1cc(CO)sc1Br. The van der Waals surface area contributed by atoms with Crippen LogP contribution in [0.1, 0.15) is 30.6 Å². The van der Waals surface area contributed by atoms with Gasteiger partial charge in [-0.3, -0.25) is 0 Å². The summed E-state index contributed by atoms with van der Waals surface area (Å²) in [6.45, 7) is -0.131. The molecule has 0 radical (unpaired) electrons. The number of halogens is 1. The molecule has 2 fully saturated rings. The quantitative estimate of drug-likeness (QED) is 0.813. The van der Waals surface area contributed by atoms with Gasteiger partial charge in [-0.15, -0.1) is 11.3 Å². The maximum atomic E-state index is 12.4. The van der Waals surface area contributed by atoms with Crippen LogP contribution in [-0.4, -0.2) is 19.6 Å². The number of sulfonamides is 1. The third kappa shape index (κ3) is 3.05. The van der Waals surface area contributed by atoms with E-state index in [0.29, 0.717) is 20.5 Å². The van der Waals surface area contributed by atoms with Gasteiger partial charge in [0.25, 0.3) is 0 Å². The fourth-order valence-corrected chi connectivity index (χ4v) is 6.31. The number of rotatable bonds is 6. The van der Waals surface area contributed by atoms with Crippen molar-refractivity contribution in [2.24, 2.45) is 11.8 Å². The van der Waals surface area contributed by atoms with Crippen LogP contribution in [0.2, 0.25) is 0 Å². The summed E-state index contributed by atoms with van der Waals surface area (Å²) < 4.78 is 28.3. The number of thiophene rings is 1. The van der Waals surface area contributed by atoms with E-state index in [9.17, 15) is 8.42 Å². The highest BCUT2D eigenvalue weighted by Gasteiger charge is 2.43. The molecular formula is C12H16BrNO3S2. The van der Waals surface area contributed by atoms with Crippen LogP contribution in [-0.2, 0) is 16.6 Å². The second-order valence-corrected chi connectivity index (χ2v) is 9.47. The zero-order chi connectivity index (χ0) is 13.6. The van der Waals surface area contributed by atoms with Gasteiger partial charge in [0, 0.05) is 10.9 Å². The summed E-state index contributed by atoms with van der Waals surface area (Å²) >= 11 is 4.54. The molecule has 7 heteroatoms. The van der Waals surface area contributed by atoms with Crippen LogP contribution in [0.15, 0.2) is 14.7 Å². The molecule has 3 rings (SSSR count). The summed E-state index contributed by atoms with van der Waals surface area (Å²) in [7, 11) is -3.49. The topological polar surface area (TPSA) is 66.4 Å². The van der Waals surface area contributed by atoms with E-state index in [2.05, 4.69) is 20.7 Å². The molecule has 2 N–H and O–H groups in total. The first kappa shape index (κ1) is 14.0. The van der Waals surface area contributed by atoms with E-state index >= 15 is 0 Å². The Kier molecular flexibility index (Phi) is 3.77. The summed E-state index contributed by atoms with van der Waals surface area (Å²) in [5.41, 5.74) is 0. The highest BCUT2D eigenvalue weighted by atomic mass is 79.9. The second-order valence-electron chi connectivity index (χ2n) is 5.33. The molecule has 1 aromatic heterocycles. The van der Waals surface area contributed by atoms with Crippen molar-refractivity contribution in [2.45, 2.75) is 43.2 Å². The Labute approximate surface area is 125 Å². The molecule has 2 aliphatic rings. The van der Waals surface area contributed by atoms with Crippen molar-refractivity contribution in [3.8, 4) is 0 Å². The van der Waals surface area contributed by atoms with E-state index in [1.54, 1.807) is 6.07 Å². The monoisotopic (exact) mass is 365 g/mol. The predicted octanol–water partition coefficient (Wildman–Crippen LogP) is 2.47. The molecule has 0 amide bonds. The van der Waals surface area contributed by atoms with E-state index in [1.165, 1.54) is 11.3 Å². The number of aliphatic hydroxyl groups excluding tert-OH is 1. The molecule has 106 valence electrons. The van der Waals surface area contributed by atoms with E-state index in [0.717, 1.165) is 25.7 Å². The minimum atomic E-state index is -3.49. The predicted molar refractivity (Wildman–Crippen MR) is 77.5 cm³/mol. The molecule has 4 nitrogen and oxygen atoms in total. The number of hydrogen-bond acceptors (Lipinski definition) is 4. The van der Waals surface area contributed by atoms with Crippen molar-refractivity contribution in [3.63, 3.8) is 0 Å². The van der Waals surface area contributed by atoms with E-state index in [1.807, 2.05) is 0 Å². The Hall–Kier alpha value is 0.0500. The third-order valence-electron chi connectivity index (χ3n) is 3.70. The maximum Gasteiger partial charge on any atom is 0.242 e. The first-order chi connectivity index (χ1) is 9.01. The average Bonchev–Trinajstić information content (AvgIpc) is 3.24. The van der Waals surface area contributed by atoms with Crippen LogP contribution in [0, 0.1) is 11.8 Å². The summed E-state index contributed by atoms with van der Waals surface area (Å²) in [5, 5.41) is 9.09. The Morgan fingerprint density at radius 1 is 1.37 bits per heavy atom. The van der Waals surface area contributed by atoms with Gasteiger partial charge in [-0.1, -0.05) is 0 Å². The van der Waals surface area contributed by atoms with Gasteiger partial charge >= 0.3 is 0 Å². The standard InChI is InChI=1S/C12H16BrNO3S2/c13-12-10(5-9(6-15)18-12)19(16,17)14-11(7-1-2-7)8-3-4-8/h5,7-8,11,14-15H,1-4,6H2. The molecule has 1 aromatic rings. The van der Waals surface area contributed by atoms with Gasteiger partial charge in [0.15, 0.2) is 0 Å². The van der Waals surface area contributed by atoms with Gasteiger partial charge in [0.1, 0.15) is 4.90 Å². The molecule has 2 saturated carbocycles. The Balaban J connectivity index is 1.82. The Morgan fingerprint density at radius 3 is 2.37 bits per heavy atom. The fraction of sp³-hybridized carbons (Fsp3) is 0.667. The molecule has 19 heavy (non-hydrogen) atoms. The Morgan fingerprint density at radius 2 is 1.95 bits per heavy atom. The highest BCUT2D eigenvalue weighted by Crippen LogP contribution is 2.45. The van der Waals surface area contributed by atoms with Crippen LogP contribution < -0.4 is 4.72 Å². The van der Waals surface area contributed by atoms with Crippen molar-refractivity contribution in [1.82, 2.24) is 4.72 Å². The van der Waals surface area contributed by atoms with Gasteiger partial charge in [-0.25, -0.2) is 13.1 Å². The van der Waals surface area contributed by atoms with Crippen LogP contribution >= 0.6 is 27.3 Å². The average molecular weight is 366 g/mol. The van der Waals surface area contributed by atoms with Crippen LogP contribution in [0.3, 0.4) is 0 Å².